The molecule has 0 amide bonds. The van der Waals surface area contributed by atoms with Crippen molar-refractivity contribution < 1.29 is 0 Å². The standard InChI is InChI=1S/C13H17N5S/c1-8-6-9(2)16-13(11(8)12(14)19)15-7-10-4-5-18(3)17-10/h4-6H,7H2,1-3H3,(H2,14,19)(H,15,16). The number of aromatic nitrogens is 3. The van der Waals surface area contributed by atoms with E-state index < -0.39 is 0 Å². The summed E-state index contributed by atoms with van der Waals surface area (Å²) in [7, 11) is 1.89. The molecule has 100 valence electrons. The zero-order chi connectivity index (χ0) is 14.0. The zero-order valence-electron chi connectivity index (χ0n) is 11.3. The number of aryl methyl sites for hydroxylation is 3. The van der Waals surface area contributed by atoms with E-state index in [0.29, 0.717) is 11.5 Å². The molecular weight excluding hydrogens is 258 g/mol. The Morgan fingerprint density at radius 2 is 2.21 bits per heavy atom. The van der Waals surface area contributed by atoms with Crippen LogP contribution in [-0.4, -0.2) is 19.8 Å². The van der Waals surface area contributed by atoms with Gasteiger partial charge in [0, 0.05) is 18.9 Å². The summed E-state index contributed by atoms with van der Waals surface area (Å²) in [5.74, 6) is 0.718. The van der Waals surface area contributed by atoms with Gasteiger partial charge in [0.25, 0.3) is 0 Å². The molecule has 2 rings (SSSR count). The number of hydrogen-bond acceptors (Lipinski definition) is 4. The second-order valence-electron chi connectivity index (χ2n) is 4.50. The quantitative estimate of drug-likeness (QED) is 0.831. The Bertz CT molecular complexity index is 617. The third-order valence-electron chi connectivity index (χ3n) is 2.80. The number of thiocarbonyl (C=S) groups is 1. The van der Waals surface area contributed by atoms with E-state index in [4.69, 9.17) is 18.0 Å². The Hall–Kier alpha value is -1.95. The minimum Gasteiger partial charge on any atom is -0.389 e. The SMILES string of the molecule is Cc1cc(C)c(C(N)=S)c(NCc2ccn(C)n2)n1. The molecule has 0 unspecified atom stereocenters. The molecule has 5 nitrogen and oxygen atoms in total. The van der Waals surface area contributed by atoms with Crippen molar-refractivity contribution in [3.8, 4) is 0 Å². The second-order valence-corrected chi connectivity index (χ2v) is 4.94. The lowest BCUT2D eigenvalue weighted by molar-refractivity contribution is 0.747. The van der Waals surface area contributed by atoms with Crippen molar-refractivity contribution in [2.75, 3.05) is 5.32 Å². The van der Waals surface area contributed by atoms with Gasteiger partial charge in [-0.2, -0.15) is 5.10 Å². The lowest BCUT2D eigenvalue weighted by Gasteiger charge is -2.13. The maximum absolute atomic E-state index is 5.77. The van der Waals surface area contributed by atoms with E-state index in [0.717, 1.165) is 28.3 Å². The summed E-state index contributed by atoms with van der Waals surface area (Å²) in [6, 6.07) is 3.93. The summed E-state index contributed by atoms with van der Waals surface area (Å²) in [5.41, 5.74) is 9.48. The highest BCUT2D eigenvalue weighted by atomic mass is 32.1. The van der Waals surface area contributed by atoms with Gasteiger partial charge in [0.05, 0.1) is 17.8 Å². The number of nitrogens with two attached hydrogens (primary N) is 1. The van der Waals surface area contributed by atoms with Gasteiger partial charge >= 0.3 is 0 Å². The van der Waals surface area contributed by atoms with Crippen LogP contribution in [0.15, 0.2) is 18.3 Å². The van der Waals surface area contributed by atoms with E-state index in [9.17, 15) is 0 Å². The van der Waals surface area contributed by atoms with E-state index in [2.05, 4.69) is 15.4 Å². The van der Waals surface area contributed by atoms with E-state index in [-0.39, 0.29) is 0 Å². The van der Waals surface area contributed by atoms with Gasteiger partial charge in [0.1, 0.15) is 10.8 Å². The first-order chi connectivity index (χ1) is 8.97. The van der Waals surface area contributed by atoms with Crippen molar-refractivity contribution in [3.05, 3.63) is 40.8 Å². The van der Waals surface area contributed by atoms with Crippen LogP contribution in [0.4, 0.5) is 5.82 Å². The monoisotopic (exact) mass is 275 g/mol. The Labute approximate surface area is 117 Å². The van der Waals surface area contributed by atoms with Gasteiger partial charge in [-0.3, -0.25) is 4.68 Å². The molecule has 0 aliphatic heterocycles. The molecule has 0 radical (unpaired) electrons. The number of hydrogen-bond donors (Lipinski definition) is 2. The Morgan fingerprint density at radius 1 is 1.47 bits per heavy atom. The van der Waals surface area contributed by atoms with Gasteiger partial charge in [0.2, 0.25) is 0 Å². The van der Waals surface area contributed by atoms with E-state index in [1.807, 2.05) is 39.2 Å². The molecule has 0 spiro atoms. The van der Waals surface area contributed by atoms with E-state index >= 15 is 0 Å². The fourth-order valence-corrected chi connectivity index (χ4v) is 2.27. The molecule has 0 saturated carbocycles. The average molecular weight is 275 g/mol. The van der Waals surface area contributed by atoms with Crippen molar-refractivity contribution >= 4 is 23.0 Å². The molecule has 6 heteroatoms. The second kappa shape index (κ2) is 5.36. The maximum Gasteiger partial charge on any atom is 0.137 e. The van der Waals surface area contributed by atoms with Crippen LogP contribution in [0.2, 0.25) is 0 Å². The van der Waals surface area contributed by atoms with Crippen LogP contribution in [0.25, 0.3) is 0 Å². The molecule has 0 fully saturated rings. The highest BCUT2D eigenvalue weighted by Crippen LogP contribution is 2.19. The predicted octanol–water partition coefficient (Wildman–Crippen LogP) is 1.68. The van der Waals surface area contributed by atoms with Crippen LogP contribution < -0.4 is 11.1 Å². The van der Waals surface area contributed by atoms with Crippen molar-refractivity contribution in [1.82, 2.24) is 14.8 Å². The molecule has 2 aromatic heterocycles. The molecule has 0 atom stereocenters. The molecular formula is C13H17N5S. The smallest absolute Gasteiger partial charge is 0.137 e. The number of anilines is 1. The molecule has 19 heavy (non-hydrogen) atoms. The predicted molar refractivity (Wildman–Crippen MR) is 80.1 cm³/mol. The highest BCUT2D eigenvalue weighted by molar-refractivity contribution is 7.80. The largest absolute Gasteiger partial charge is 0.389 e. The number of rotatable bonds is 4. The number of pyridine rings is 1. The van der Waals surface area contributed by atoms with Gasteiger partial charge in [-0.15, -0.1) is 0 Å². The first-order valence-corrected chi connectivity index (χ1v) is 6.38. The van der Waals surface area contributed by atoms with Crippen molar-refractivity contribution in [1.29, 1.82) is 0 Å². The fourth-order valence-electron chi connectivity index (χ4n) is 2.01. The van der Waals surface area contributed by atoms with Crippen LogP contribution in [0, 0.1) is 13.8 Å². The Balaban J connectivity index is 2.26. The van der Waals surface area contributed by atoms with Crippen LogP contribution in [0.5, 0.6) is 0 Å². The summed E-state index contributed by atoms with van der Waals surface area (Å²) >= 11 is 5.09. The van der Waals surface area contributed by atoms with Gasteiger partial charge < -0.3 is 11.1 Å². The number of nitrogens with one attached hydrogen (secondary N) is 1. The highest BCUT2D eigenvalue weighted by Gasteiger charge is 2.11. The van der Waals surface area contributed by atoms with Crippen LogP contribution in [-0.2, 0) is 13.6 Å². The fraction of sp³-hybridized carbons (Fsp3) is 0.308. The summed E-state index contributed by atoms with van der Waals surface area (Å²) < 4.78 is 1.76. The van der Waals surface area contributed by atoms with Crippen molar-refractivity contribution in [2.45, 2.75) is 20.4 Å². The molecule has 2 heterocycles. The lowest BCUT2D eigenvalue weighted by Crippen LogP contribution is -2.17. The van der Waals surface area contributed by atoms with Gasteiger partial charge in [-0.05, 0) is 31.5 Å². The van der Waals surface area contributed by atoms with Gasteiger partial charge in [-0.25, -0.2) is 4.98 Å². The van der Waals surface area contributed by atoms with Crippen LogP contribution in [0.3, 0.4) is 0 Å². The summed E-state index contributed by atoms with van der Waals surface area (Å²) in [6.45, 7) is 4.52. The number of nitrogens with zero attached hydrogens (tertiary/aromatic N) is 3. The molecule has 0 aliphatic rings. The first kappa shape index (κ1) is 13.5. The molecule has 0 aromatic carbocycles. The summed E-state index contributed by atoms with van der Waals surface area (Å²) in [6.07, 6.45) is 1.90. The van der Waals surface area contributed by atoms with Crippen LogP contribution in [0.1, 0.15) is 22.5 Å². The zero-order valence-corrected chi connectivity index (χ0v) is 12.1. The minimum atomic E-state index is 0.355. The molecule has 2 aromatic rings. The lowest BCUT2D eigenvalue weighted by atomic mass is 10.1. The van der Waals surface area contributed by atoms with Crippen molar-refractivity contribution in [2.24, 2.45) is 12.8 Å². The first-order valence-electron chi connectivity index (χ1n) is 5.98. The summed E-state index contributed by atoms with van der Waals surface area (Å²) in [5, 5.41) is 7.56. The Kier molecular flexibility index (Phi) is 3.80. The molecule has 3 N–H and O–H groups in total. The normalized spacial score (nSPS) is 10.5. The molecule has 0 saturated heterocycles. The van der Waals surface area contributed by atoms with Gasteiger partial charge in [0.15, 0.2) is 0 Å². The van der Waals surface area contributed by atoms with Gasteiger partial charge in [-0.1, -0.05) is 12.2 Å². The molecule has 0 bridgehead atoms. The third-order valence-corrected chi connectivity index (χ3v) is 3.00. The third kappa shape index (κ3) is 3.08. The van der Waals surface area contributed by atoms with E-state index in [1.165, 1.54) is 0 Å². The van der Waals surface area contributed by atoms with E-state index in [1.54, 1.807) is 4.68 Å². The maximum atomic E-state index is 5.77. The van der Waals surface area contributed by atoms with Crippen molar-refractivity contribution in [3.63, 3.8) is 0 Å². The average Bonchev–Trinajstić information content (AvgIpc) is 2.71. The Morgan fingerprint density at radius 3 is 2.79 bits per heavy atom. The minimum absolute atomic E-state index is 0.355. The summed E-state index contributed by atoms with van der Waals surface area (Å²) in [4.78, 5) is 4.82. The van der Waals surface area contributed by atoms with Crippen LogP contribution >= 0.6 is 12.2 Å². The topological polar surface area (TPSA) is 68.8 Å². The molecule has 0 aliphatic carbocycles.